The highest BCUT2D eigenvalue weighted by molar-refractivity contribution is 5.93. The Labute approximate surface area is 139 Å². The smallest absolute Gasteiger partial charge is 0.226 e. The van der Waals surface area contributed by atoms with Crippen molar-refractivity contribution in [3.05, 3.63) is 29.8 Å². The van der Waals surface area contributed by atoms with E-state index in [0.29, 0.717) is 18.5 Å². The van der Waals surface area contributed by atoms with Crippen molar-refractivity contribution in [2.24, 2.45) is 0 Å². The van der Waals surface area contributed by atoms with Gasteiger partial charge in [0.25, 0.3) is 0 Å². The number of carbonyl (C=O) groups is 1. The van der Waals surface area contributed by atoms with Gasteiger partial charge in [-0.3, -0.25) is 9.69 Å². The van der Waals surface area contributed by atoms with Gasteiger partial charge in [0.15, 0.2) is 0 Å². The van der Waals surface area contributed by atoms with E-state index in [1.807, 2.05) is 17.9 Å². The minimum Gasteiger partial charge on any atom is -0.312 e. The summed E-state index contributed by atoms with van der Waals surface area (Å²) in [6.45, 7) is 4.64. The third-order valence-electron chi connectivity index (χ3n) is 5.49. The Morgan fingerprint density at radius 1 is 1.22 bits per heavy atom. The highest BCUT2D eigenvalue weighted by Gasteiger charge is 2.29. The molecule has 3 rings (SSSR count). The molecule has 23 heavy (non-hydrogen) atoms. The number of rotatable bonds is 1. The number of hydrogen-bond acceptors (Lipinski definition) is 3. The van der Waals surface area contributed by atoms with Gasteiger partial charge in [-0.15, -0.1) is 0 Å². The molecular weight excluding hydrogens is 286 g/mol. The normalized spacial score (nSPS) is 26.3. The number of nitrogens with zero attached hydrogens (tertiary/aromatic N) is 2. The van der Waals surface area contributed by atoms with E-state index in [0.717, 1.165) is 31.7 Å². The fourth-order valence-electron chi connectivity index (χ4n) is 4.03. The summed E-state index contributed by atoms with van der Waals surface area (Å²) in [5.41, 5.74) is 2.32. The maximum Gasteiger partial charge on any atom is 0.226 e. The van der Waals surface area contributed by atoms with E-state index in [2.05, 4.69) is 35.5 Å². The molecule has 4 nitrogen and oxygen atoms in total. The third-order valence-corrected chi connectivity index (χ3v) is 5.49. The van der Waals surface area contributed by atoms with Crippen LogP contribution in [0.3, 0.4) is 0 Å². The van der Waals surface area contributed by atoms with Crippen LogP contribution >= 0.6 is 0 Å². The summed E-state index contributed by atoms with van der Waals surface area (Å²) in [6, 6.07) is 9.56. The van der Waals surface area contributed by atoms with Crippen LogP contribution in [0.25, 0.3) is 0 Å². The molecule has 1 saturated heterocycles. The van der Waals surface area contributed by atoms with Crippen molar-refractivity contribution in [2.45, 2.75) is 57.7 Å². The van der Waals surface area contributed by atoms with Gasteiger partial charge in [0.1, 0.15) is 0 Å². The SMILES string of the molecule is CCC(=O)N1CCC2CCCC(CNCc3ccccc31)N2C. The molecule has 1 aromatic carbocycles. The molecule has 0 spiro atoms. The first-order chi connectivity index (χ1) is 11.2. The standard InChI is InChI=1S/C19H29N3O/c1-3-19(23)22-12-11-16-8-6-9-17(21(16)2)14-20-13-15-7-4-5-10-18(15)22/h4-5,7,10,16-17,20H,3,6,8-9,11-14H2,1-2H3. The number of likely N-dealkylation sites (N-methyl/N-ethyl adjacent to an activating group) is 1. The second-order valence-electron chi connectivity index (χ2n) is 6.85. The van der Waals surface area contributed by atoms with E-state index in [9.17, 15) is 4.79 Å². The summed E-state index contributed by atoms with van der Waals surface area (Å²) in [6.07, 6.45) is 5.45. The molecule has 4 heteroatoms. The van der Waals surface area contributed by atoms with Gasteiger partial charge in [-0.2, -0.15) is 0 Å². The lowest BCUT2D eigenvalue weighted by molar-refractivity contribution is -0.118. The Kier molecular flexibility index (Phi) is 5.34. The van der Waals surface area contributed by atoms with Gasteiger partial charge < -0.3 is 10.2 Å². The van der Waals surface area contributed by atoms with Gasteiger partial charge in [-0.25, -0.2) is 0 Å². The maximum atomic E-state index is 12.5. The van der Waals surface area contributed by atoms with Crippen LogP contribution in [-0.4, -0.2) is 43.0 Å². The van der Waals surface area contributed by atoms with Gasteiger partial charge in [-0.05, 0) is 37.9 Å². The van der Waals surface area contributed by atoms with Crippen molar-refractivity contribution >= 4 is 11.6 Å². The first-order valence-corrected chi connectivity index (χ1v) is 9.01. The molecule has 2 aliphatic heterocycles. The molecular formula is C19H29N3O. The molecule has 2 aliphatic rings. The van der Waals surface area contributed by atoms with E-state index >= 15 is 0 Å². The minimum atomic E-state index is 0.228. The number of amides is 1. The molecule has 2 bridgehead atoms. The zero-order valence-electron chi connectivity index (χ0n) is 14.4. The Hall–Kier alpha value is -1.39. The summed E-state index contributed by atoms with van der Waals surface area (Å²) in [5.74, 6) is 0.228. The number of fused-ring (bicyclic) bond motifs is 3. The molecule has 0 saturated carbocycles. The van der Waals surface area contributed by atoms with Gasteiger partial charge in [0.05, 0.1) is 0 Å². The predicted molar refractivity (Wildman–Crippen MR) is 94.6 cm³/mol. The van der Waals surface area contributed by atoms with E-state index in [4.69, 9.17) is 0 Å². The van der Waals surface area contributed by atoms with Crippen LogP contribution in [0.1, 0.15) is 44.6 Å². The average molecular weight is 315 g/mol. The van der Waals surface area contributed by atoms with E-state index in [1.165, 1.54) is 24.8 Å². The molecule has 2 unspecified atom stereocenters. The number of benzene rings is 1. The molecule has 1 aromatic rings. The number of anilines is 1. The Balaban J connectivity index is 1.90. The first kappa shape index (κ1) is 16.5. The Morgan fingerprint density at radius 2 is 2.00 bits per heavy atom. The minimum absolute atomic E-state index is 0.228. The summed E-state index contributed by atoms with van der Waals surface area (Å²) < 4.78 is 0. The molecule has 2 atom stereocenters. The molecule has 0 radical (unpaired) electrons. The van der Waals surface area contributed by atoms with Crippen LogP contribution in [0, 0.1) is 0 Å². The van der Waals surface area contributed by atoms with Crippen LogP contribution in [0.15, 0.2) is 24.3 Å². The van der Waals surface area contributed by atoms with Crippen molar-refractivity contribution in [1.82, 2.24) is 10.2 Å². The molecule has 1 fully saturated rings. The summed E-state index contributed by atoms with van der Waals surface area (Å²) in [5, 5.41) is 3.62. The van der Waals surface area contributed by atoms with Crippen molar-refractivity contribution in [3.8, 4) is 0 Å². The van der Waals surface area contributed by atoms with Crippen LogP contribution < -0.4 is 10.2 Å². The number of carbonyl (C=O) groups excluding carboxylic acids is 1. The van der Waals surface area contributed by atoms with E-state index in [-0.39, 0.29) is 5.91 Å². The monoisotopic (exact) mass is 315 g/mol. The fraction of sp³-hybridized carbons (Fsp3) is 0.632. The summed E-state index contributed by atoms with van der Waals surface area (Å²) in [7, 11) is 2.26. The number of hydrogen-bond donors (Lipinski definition) is 1. The molecule has 0 aliphatic carbocycles. The van der Waals surface area contributed by atoms with Gasteiger partial charge in [0.2, 0.25) is 5.91 Å². The molecule has 126 valence electrons. The molecule has 1 amide bonds. The van der Waals surface area contributed by atoms with Gasteiger partial charge in [-0.1, -0.05) is 31.5 Å². The number of para-hydroxylation sites is 1. The Morgan fingerprint density at radius 3 is 2.83 bits per heavy atom. The lowest BCUT2D eigenvalue weighted by Gasteiger charge is -2.40. The van der Waals surface area contributed by atoms with Crippen LogP contribution in [-0.2, 0) is 11.3 Å². The largest absolute Gasteiger partial charge is 0.312 e. The van der Waals surface area contributed by atoms with Crippen molar-refractivity contribution in [2.75, 3.05) is 25.0 Å². The Bertz CT molecular complexity index is 545. The van der Waals surface area contributed by atoms with Crippen LogP contribution in [0.4, 0.5) is 5.69 Å². The maximum absolute atomic E-state index is 12.5. The lowest BCUT2D eigenvalue weighted by Crippen LogP contribution is -2.49. The summed E-state index contributed by atoms with van der Waals surface area (Å²) >= 11 is 0. The fourth-order valence-corrected chi connectivity index (χ4v) is 4.03. The van der Waals surface area contributed by atoms with Crippen molar-refractivity contribution < 1.29 is 4.79 Å². The van der Waals surface area contributed by atoms with Crippen LogP contribution in [0.2, 0.25) is 0 Å². The summed E-state index contributed by atoms with van der Waals surface area (Å²) in [4.78, 5) is 17.1. The van der Waals surface area contributed by atoms with Crippen molar-refractivity contribution in [3.63, 3.8) is 0 Å². The number of nitrogens with one attached hydrogen (secondary N) is 1. The number of piperidine rings is 1. The third kappa shape index (κ3) is 3.59. The van der Waals surface area contributed by atoms with Gasteiger partial charge in [0, 0.05) is 43.8 Å². The van der Waals surface area contributed by atoms with E-state index < -0.39 is 0 Å². The van der Waals surface area contributed by atoms with Crippen LogP contribution in [0.5, 0.6) is 0 Å². The quantitative estimate of drug-likeness (QED) is 0.865. The highest BCUT2D eigenvalue weighted by Crippen LogP contribution is 2.27. The van der Waals surface area contributed by atoms with E-state index in [1.54, 1.807) is 0 Å². The molecule has 0 aromatic heterocycles. The topological polar surface area (TPSA) is 35.6 Å². The second kappa shape index (κ2) is 7.45. The first-order valence-electron chi connectivity index (χ1n) is 9.01. The lowest BCUT2D eigenvalue weighted by atomic mass is 9.94. The highest BCUT2D eigenvalue weighted by atomic mass is 16.2. The molecule has 1 N–H and O–H groups in total. The van der Waals surface area contributed by atoms with Gasteiger partial charge >= 0.3 is 0 Å². The molecule has 2 heterocycles. The zero-order valence-corrected chi connectivity index (χ0v) is 14.4. The zero-order chi connectivity index (χ0) is 16.2. The second-order valence-corrected chi connectivity index (χ2v) is 6.85. The average Bonchev–Trinajstić information content (AvgIpc) is 2.59. The predicted octanol–water partition coefficient (Wildman–Crippen LogP) is 2.78. The van der Waals surface area contributed by atoms with Crippen molar-refractivity contribution in [1.29, 1.82) is 0 Å².